The molecule has 2 aromatic heterocycles. The van der Waals surface area contributed by atoms with E-state index in [2.05, 4.69) is 15.5 Å². The van der Waals surface area contributed by atoms with Gasteiger partial charge < -0.3 is 9.73 Å². The largest absolute Gasteiger partial charge is 0.459 e. The molecule has 0 saturated heterocycles. The Hall–Kier alpha value is -3.13. The Morgan fingerprint density at radius 2 is 2.04 bits per heavy atom. The number of aromatic nitrogens is 3. The standard InChI is InChI=1S/C20H17FN4O2S/c1-13(18-10-14-6-2-5-9-17(14)27-18)23-19(26)11-28-20-24-22-12-25(20)16-8-4-3-7-15(16)21/h2-10,12-13H,11H2,1H3,(H,23,26)/t13-/m1/s1. The number of halogens is 1. The maximum absolute atomic E-state index is 14.0. The van der Waals surface area contributed by atoms with Crippen molar-refractivity contribution in [3.05, 3.63) is 72.5 Å². The molecule has 0 aliphatic rings. The summed E-state index contributed by atoms with van der Waals surface area (Å²) >= 11 is 1.19. The molecular formula is C20H17FN4O2S. The molecule has 0 spiro atoms. The first-order valence-corrected chi connectivity index (χ1v) is 9.66. The summed E-state index contributed by atoms with van der Waals surface area (Å²) in [7, 11) is 0. The van der Waals surface area contributed by atoms with E-state index in [0.29, 0.717) is 16.6 Å². The normalized spacial score (nSPS) is 12.2. The number of thioether (sulfide) groups is 1. The van der Waals surface area contributed by atoms with E-state index in [0.717, 1.165) is 11.0 Å². The van der Waals surface area contributed by atoms with Gasteiger partial charge in [0.25, 0.3) is 0 Å². The van der Waals surface area contributed by atoms with Crippen LogP contribution in [0.3, 0.4) is 0 Å². The minimum Gasteiger partial charge on any atom is -0.459 e. The summed E-state index contributed by atoms with van der Waals surface area (Å²) in [6.45, 7) is 1.86. The number of hydrogen-bond acceptors (Lipinski definition) is 5. The smallest absolute Gasteiger partial charge is 0.231 e. The number of rotatable bonds is 6. The minimum atomic E-state index is -0.382. The third-order valence-electron chi connectivity index (χ3n) is 4.21. The number of furan rings is 1. The fourth-order valence-corrected chi connectivity index (χ4v) is 3.57. The van der Waals surface area contributed by atoms with Crippen LogP contribution < -0.4 is 5.32 Å². The van der Waals surface area contributed by atoms with Crippen molar-refractivity contribution in [2.75, 3.05) is 5.75 Å². The Kier molecular flexibility index (Phi) is 5.12. The second-order valence-electron chi connectivity index (χ2n) is 6.20. The quantitative estimate of drug-likeness (QED) is 0.496. The summed E-state index contributed by atoms with van der Waals surface area (Å²) in [4.78, 5) is 12.3. The van der Waals surface area contributed by atoms with Crippen molar-refractivity contribution < 1.29 is 13.6 Å². The Bertz CT molecular complexity index is 1090. The molecule has 1 amide bonds. The second-order valence-corrected chi connectivity index (χ2v) is 7.14. The van der Waals surface area contributed by atoms with Crippen molar-refractivity contribution in [1.29, 1.82) is 0 Å². The summed E-state index contributed by atoms with van der Waals surface area (Å²) < 4.78 is 21.3. The van der Waals surface area contributed by atoms with E-state index in [9.17, 15) is 9.18 Å². The first kappa shape index (κ1) is 18.2. The maximum Gasteiger partial charge on any atom is 0.231 e. The van der Waals surface area contributed by atoms with Crippen LogP contribution in [0.1, 0.15) is 18.7 Å². The van der Waals surface area contributed by atoms with Gasteiger partial charge in [0, 0.05) is 5.39 Å². The summed E-state index contributed by atoms with van der Waals surface area (Å²) in [6, 6.07) is 15.7. The van der Waals surface area contributed by atoms with E-state index < -0.39 is 0 Å². The first-order chi connectivity index (χ1) is 13.6. The summed E-state index contributed by atoms with van der Waals surface area (Å²) in [5, 5.41) is 12.1. The molecule has 28 heavy (non-hydrogen) atoms. The summed E-state index contributed by atoms with van der Waals surface area (Å²) in [5.74, 6) is 0.250. The Balaban J connectivity index is 1.40. The average Bonchev–Trinajstić information content (AvgIpc) is 3.33. The van der Waals surface area contributed by atoms with Crippen LogP contribution in [0.25, 0.3) is 16.7 Å². The first-order valence-electron chi connectivity index (χ1n) is 8.67. The highest BCUT2D eigenvalue weighted by Gasteiger charge is 2.16. The van der Waals surface area contributed by atoms with Gasteiger partial charge in [-0.15, -0.1) is 10.2 Å². The number of hydrogen-bond donors (Lipinski definition) is 1. The third-order valence-corrected chi connectivity index (χ3v) is 5.15. The van der Waals surface area contributed by atoms with Crippen molar-refractivity contribution in [2.24, 2.45) is 0 Å². The molecule has 142 valence electrons. The van der Waals surface area contributed by atoms with Crippen molar-refractivity contribution in [3.8, 4) is 5.69 Å². The van der Waals surface area contributed by atoms with Crippen LogP contribution in [0.2, 0.25) is 0 Å². The van der Waals surface area contributed by atoms with Gasteiger partial charge in [-0.2, -0.15) is 0 Å². The van der Waals surface area contributed by atoms with Gasteiger partial charge in [-0.05, 0) is 31.2 Å². The highest BCUT2D eigenvalue weighted by atomic mass is 32.2. The molecule has 0 aliphatic heterocycles. The molecule has 2 heterocycles. The van der Waals surface area contributed by atoms with Crippen molar-refractivity contribution in [1.82, 2.24) is 20.1 Å². The number of carbonyl (C=O) groups excluding carboxylic acids is 1. The van der Waals surface area contributed by atoms with Crippen LogP contribution in [0.15, 0.2) is 70.5 Å². The van der Waals surface area contributed by atoms with E-state index in [4.69, 9.17) is 4.42 Å². The molecule has 0 aliphatic carbocycles. The van der Waals surface area contributed by atoms with Crippen LogP contribution in [0, 0.1) is 5.82 Å². The van der Waals surface area contributed by atoms with Crippen molar-refractivity contribution >= 4 is 28.6 Å². The number of carbonyl (C=O) groups is 1. The molecule has 0 radical (unpaired) electrons. The van der Waals surface area contributed by atoms with E-state index in [-0.39, 0.29) is 23.5 Å². The zero-order valence-corrected chi connectivity index (χ0v) is 15.8. The topological polar surface area (TPSA) is 73.0 Å². The van der Waals surface area contributed by atoms with E-state index in [1.807, 2.05) is 37.3 Å². The number of para-hydroxylation sites is 2. The third kappa shape index (κ3) is 3.77. The molecule has 6 nitrogen and oxygen atoms in total. The van der Waals surface area contributed by atoms with E-state index >= 15 is 0 Å². The average molecular weight is 396 g/mol. The molecular weight excluding hydrogens is 379 g/mol. The Labute approximate surface area is 164 Å². The van der Waals surface area contributed by atoms with Gasteiger partial charge in [-0.1, -0.05) is 42.1 Å². The van der Waals surface area contributed by atoms with Gasteiger partial charge in [0.2, 0.25) is 5.91 Å². The molecule has 4 aromatic rings. The van der Waals surface area contributed by atoms with Gasteiger partial charge in [-0.25, -0.2) is 4.39 Å². The number of benzene rings is 2. The predicted molar refractivity (Wildman–Crippen MR) is 105 cm³/mol. The van der Waals surface area contributed by atoms with Crippen LogP contribution in [-0.4, -0.2) is 26.4 Å². The number of nitrogens with zero attached hydrogens (tertiary/aromatic N) is 3. The Morgan fingerprint density at radius 3 is 2.86 bits per heavy atom. The second kappa shape index (κ2) is 7.85. The lowest BCUT2D eigenvalue weighted by molar-refractivity contribution is -0.119. The summed E-state index contributed by atoms with van der Waals surface area (Å²) in [5.41, 5.74) is 1.12. The van der Waals surface area contributed by atoms with Gasteiger partial charge in [0.05, 0.1) is 17.5 Å². The van der Waals surface area contributed by atoms with Gasteiger partial charge in [0.15, 0.2) is 5.16 Å². The lowest BCUT2D eigenvalue weighted by Gasteiger charge is -2.11. The predicted octanol–water partition coefficient (Wildman–Crippen LogP) is 4.12. The fraction of sp³-hybridized carbons (Fsp3) is 0.150. The zero-order chi connectivity index (χ0) is 19.5. The molecule has 1 atom stereocenters. The zero-order valence-electron chi connectivity index (χ0n) is 15.0. The molecule has 0 unspecified atom stereocenters. The monoisotopic (exact) mass is 396 g/mol. The molecule has 4 rings (SSSR count). The van der Waals surface area contributed by atoms with Crippen molar-refractivity contribution in [2.45, 2.75) is 18.1 Å². The molecule has 2 aromatic carbocycles. The molecule has 0 saturated carbocycles. The Morgan fingerprint density at radius 1 is 1.25 bits per heavy atom. The van der Waals surface area contributed by atoms with Crippen molar-refractivity contribution in [3.63, 3.8) is 0 Å². The molecule has 1 N–H and O–H groups in total. The van der Waals surface area contributed by atoms with Crippen LogP contribution >= 0.6 is 11.8 Å². The van der Waals surface area contributed by atoms with Gasteiger partial charge in [0.1, 0.15) is 23.5 Å². The van der Waals surface area contributed by atoms with Gasteiger partial charge >= 0.3 is 0 Å². The fourth-order valence-electron chi connectivity index (χ4n) is 2.84. The minimum absolute atomic E-state index is 0.123. The lowest BCUT2D eigenvalue weighted by Crippen LogP contribution is -2.28. The van der Waals surface area contributed by atoms with Crippen LogP contribution in [0.4, 0.5) is 4.39 Å². The van der Waals surface area contributed by atoms with E-state index in [1.54, 1.807) is 18.2 Å². The molecule has 0 bridgehead atoms. The number of nitrogens with one attached hydrogen (secondary N) is 1. The summed E-state index contributed by atoms with van der Waals surface area (Å²) in [6.07, 6.45) is 1.43. The number of amides is 1. The van der Waals surface area contributed by atoms with Crippen LogP contribution in [0.5, 0.6) is 0 Å². The van der Waals surface area contributed by atoms with Crippen LogP contribution in [-0.2, 0) is 4.79 Å². The molecule has 8 heteroatoms. The van der Waals surface area contributed by atoms with E-state index in [1.165, 1.54) is 28.7 Å². The highest BCUT2D eigenvalue weighted by molar-refractivity contribution is 7.99. The number of fused-ring (bicyclic) bond motifs is 1. The lowest BCUT2D eigenvalue weighted by atomic mass is 10.2. The SMILES string of the molecule is C[C@@H](NC(=O)CSc1nncn1-c1ccccc1F)c1cc2ccccc2o1. The maximum atomic E-state index is 14.0. The molecule has 0 fully saturated rings. The highest BCUT2D eigenvalue weighted by Crippen LogP contribution is 2.24. The van der Waals surface area contributed by atoms with Gasteiger partial charge in [-0.3, -0.25) is 9.36 Å².